The van der Waals surface area contributed by atoms with E-state index in [4.69, 9.17) is 5.84 Å². The van der Waals surface area contributed by atoms with Gasteiger partial charge < -0.3 is 10.7 Å². The molecule has 7 heteroatoms. The largest absolute Gasteiger partial charge is 0.348 e. The van der Waals surface area contributed by atoms with Gasteiger partial charge in [0.2, 0.25) is 0 Å². The van der Waals surface area contributed by atoms with Gasteiger partial charge >= 0.3 is 0 Å². The first-order chi connectivity index (χ1) is 9.60. The lowest BCUT2D eigenvalue weighted by molar-refractivity contribution is 0.0950. The summed E-state index contributed by atoms with van der Waals surface area (Å²) in [6.45, 7) is -0.112. The Morgan fingerprint density at radius 2 is 2.05 bits per heavy atom. The van der Waals surface area contributed by atoms with Gasteiger partial charge in [-0.2, -0.15) is 0 Å². The van der Waals surface area contributed by atoms with Gasteiger partial charge in [-0.3, -0.25) is 4.79 Å². The fourth-order valence-corrected chi connectivity index (χ4v) is 1.57. The standard InChI is InChI=1S/C13H12F2N4O/c14-10-2-3-11(15)9(5-10)7-18-13(20)8-1-4-12(19-16)17-6-8/h1-6H,7,16H2,(H,17,19)(H,18,20). The number of nitrogens with two attached hydrogens (primary N) is 1. The Balaban J connectivity index is 2.02. The molecule has 0 aliphatic carbocycles. The predicted molar refractivity (Wildman–Crippen MR) is 69.6 cm³/mol. The summed E-state index contributed by atoms with van der Waals surface area (Å²) in [5.74, 6) is 3.99. The third-order valence-corrected chi connectivity index (χ3v) is 2.62. The van der Waals surface area contributed by atoms with E-state index in [1.54, 1.807) is 0 Å². The number of hydrogen-bond donors (Lipinski definition) is 3. The van der Waals surface area contributed by atoms with Crippen LogP contribution < -0.4 is 16.6 Å². The van der Waals surface area contributed by atoms with Gasteiger partial charge in [0, 0.05) is 18.3 Å². The highest BCUT2D eigenvalue weighted by atomic mass is 19.1. The molecule has 2 aromatic rings. The highest BCUT2D eigenvalue weighted by Gasteiger charge is 2.08. The number of pyridine rings is 1. The third kappa shape index (κ3) is 3.27. The van der Waals surface area contributed by atoms with E-state index in [0.29, 0.717) is 11.4 Å². The molecule has 0 atom stereocenters. The first kappa shape index (κ1) is 13.9. The van der Waals surface area contributed by atoms with Gasteiger partial charge in [0.15, 0.2) is 0 Å². The quantitative estimate of drug-likeness (QED) is 0.586. The molecule has 0 aliphatic rings. The minimum Gasteiger partial charge on any atom is -0.348 e. The molecule has 0 fully saturated rings. The maximum absolute atomic E-state index is 13.4. The van der Waals surface area contributed by atoms with Crippen LogP contribution in [-0.2, 0) is 6.54 Å². The van der Waals surface area contributed by atoms with Crippen molar-refractivity contribution in [1.29, 1.82) is 0 Å². The second-order valence-corrected chi connectivity index (χ2v) is 3.99. The summed E-state index contributed by atoms with van der Waals surface area (Å²) in [6, 6.07) is 6.11. The zero-order valence-electron chi connectivity index (χ0n) is 10.4. The Morgan fingerprint density at radius 3 is 2.70 bits per heavy atom. The highest BCUT2D eigenvalue weighted by Crippen LogP contribution is 2.10. The molecule has 1 aromatic heterocycles. The maximum atomic E-state index is 13.4. The second-order valence-electron chi connectivity index (χ2n) is 3.99. The van der Waals surface area contributed by atoms with E-state index < -0.39 is 17.5 Å². The summed E-state index contributed by atoms with van der Waals surface area (Å²) in [7, 11) is 0. The van der Waals surface area contributed by atoms with Crippen LogP contribution in [0.3, 0.4) is 0 Å². The summed E-state index contributed by atoms with van der Waals surface area (Å²) in [5.41, 5.74) is 2.70. The number of nitrogens with zero attached hydrogens (tertiary/aromatic N) is 1. The maximum Gasteiger partial charge on any atom is 0.253 e. The summed E-state index contributed by atoms with van der Waals surface area (Å²) in [5, 5.41) is 2.48. The van der Waals surface area contributed by atoms with E-state index in [-0.39, 0.29) is 12.1 Å². The number of benzene rings is 1. The number of halogens is 2. The van der Waals surface area contributed by atoms with Crippen molar-refractivity contribution in [3.8, 4) is 0 Å². The number of carbonyl (C=O) groups is 1. The minimum absolute atomic E-state index is 0.0755. The number of aromatic nitrogens is 1. The molecule has 5 nitrogen and oxygen atoms in total. The van der Waals surface area contributed by atoms with Gasteiger partial charge in [0.1, 0.15) is 17.5 Å². The van der Waals surface area contributed by atoms with Gasteiger partial charge in [0.25, 0.3) is 5.91 Å². The van der Waals surface area contributed by atoms with Crippen LogP contribution in [-0.4, -0.2) is 10.9 Å². The average molecular weight is 278 g/mol. The molecule has 2 rings (SSSR count). The van der Waals surface area contributed by atoms with Crippen molar-refractivity contribution in [3.63, 3.8) is 0 Å². The molecule has 20 heavy (non-hydrogen) atoms. The second kappa shape index (κ2) is 6.07. The van der Waals surface area contributed by atoms with Crippen molar-refractivity contribution in [2.45, 2.75) is 6.54 Å². The fraction of sp³-hybridized carbons (Fsp3) is 0.0769. The molecule has 1 aromatic carbocycles. The summed E-state index contributed by atoms with van der Waals surface area (Å²) < 4.78 is 26.3. The number of carbonyl (C=O) groups excluding carboxylic acids is 1. The Kier molecular flexibility index (Phi) is 4.21. The molecule has 0 radical (unpaired) electrons. The van der Waals surface area contributed by atoms with Gasteiger partial charge in [0.05, 0.1) is 5.56 Å². The zero-order chi connectivity index (χ0) is 14.5. The fourth-order valence-electron chi connectivity index (χ4n) is 1.57. The lowest BCUT2D eigenvalue weighted by Gasteiger charge is -2.07. The van der Waals surface area contributed by atoms with Crippen molar-refractivity contribution in [3.05, 3.63) is 59.3 Å². The van der Waals surface area contributed by atoms with E-state index in [2.05, 4.69) is 15.7 Å². The molecular formula is C13H12F2N4O. The first-order valence-electron chi connectivity index (χ1n) is 5.75. The molecule has 0 bridgehead atoms. The van der Waals surface area contributed by atoms with Crippen molar-refractivity contribution in [2.24, 2.45) is 5.84 Å². The van der Waals surface area contributed by atoms with Gasteiger partial charge in [-0.25, -0.2) is 19.6 Å². The molecule has 1 heterocycles. The SMILES string of the molecule is NNc1ccc(C(=O)NCc2cc(F)ccc2F)cn1. The van der Waals surface area contributed by atoms with Crippen molar-refractivity contribution in [1.82, 2.24) is 10.3 Å². The number of hydrazine groups is 1. The van der Waals surface area contributed by atoms with Crippen LogP contribution in [0.2, 0.25) is 0 Å². The van der Waals surface area contributed by atoms with Crippen LogP contribution in [0.5, 0.6) is 0 Å². The lowest BCUT2D eigenvalue weighted by atomic mass is 10.2. The number of anilines is 1. The first-order valence-corrected chi connectivity index (χ1v) is 5.75. The van der Waals surface area contributed by atoms with Gasteiger partial charge in [-0.05, 0) is 30.3 Å². The number of nitrogens with one attached hydrogen (secondary N) is 2. The summed E-state index contributed by atoms with van der Waals surface area (Å²) >= 11 is 0. The zero-order valence-corrected chi connectivity index (χ0v) is 10.4. The number of nitrogen functional groups attached to an aromatic ring is 1. The molecule has 0 unspecified atom stereocenters. The van der Waals surface area contributed by atoms with Crippen LogP contribution in [0, 0.1) is 11.6 Å². The lowest BCUT2D eigenvalue weighted by Crippen LogP contribution is -2.23. The summed E-state index contributed by atoms with van der Waals surface area (Å²) in [4.78, 5) is 15.7. The molecule has 1 amide bonds. The van der Waals surface area contributed by atoms with Crippen LogP contribution in [0.4, 0.5) is 14.6 Å². The van der Waals surface area contributed by atoms with E-state index >= 15 is 0 Å². The number of amides is 1. The normalized spacial score (nSPS) is 10.2. The Hall–Kier alpha value is -2.54. The van der Waals surface area contributed by atoms with Crippen LogP contribution in [0.1, 0.15) is 15.9 Å². The molecular weight excluding hydrogens is 266 g/mol. The number of rotatable bonds is 4. The summed E-state index contributed by atoms with van der Waals surface area (Å²) in [6.07, 6.45) is 1.33. The van der Waals surface area contributed by atoms with E-state index in [9.17, 15) is 13.6 Å². The molecule has 0 saturated carbocycles. The smallest absolute Gasteiger partial charge is 0.253 e. The van der Waals surface area contributed by atoms with Gasteiger partial charge in [-0.15, -0.1) is 0 Å². The number of hydrogen-bond acceptors (Lipinski definition) is 4. The Morgan fingerprint density at radius 1 is 1.25 bits per heavy atom. The topological polar surface area (TPSA) is 80.0 Å². The molecule has 0 spiro atoms. The Labute approximate surface area is 113 Å². The van der Waals surface area contributed by atoms with Crippen molar-refractivity contribution < 1.29 is 13.6 Å². The van der Waals surface area contributed by atoms with Crippen LogP contribution in [0.25, 0.3) is 0 Å². The van der Waals surface area contributed by atoms with Gasteiger partial charge in [-0.1, -0.05) is 0 Å². The van der Waals surface area contributed by atoms with Crippen molar-refractivity contribution in [2.75, 3.05) is 5.43 Å². The molecule has 104 valence electrons. The highest BCUT2D eigenvalue weighted by molar-refractivity contribution is 5.93. The van der Waals surface area contributed by atoms with E-state index in [0.717, 1.165) is 18.2 Å². The van der Waals surface area contributed by atoms with Crippen molar-refractivity contribution >= 4 is 11.7 Å². The van der Waals surface area contributed by atoms with E-state index in [1.165, 1.54) is 18.3 Å². The van der Waals surface area contributed by atoms with E-state index in [1.807, 2.05) is 0 Å². The Bertz CT molecular complexity index is 616. The molecule has 0 saturated heterocycles. The predicted octanol–water partition coefficient (Wildman–Crippen LogP) is 1.58. The molecule has 0 aliphatic heterocycles. The molecule has 4 N–H and O–H groups in total. The third-order valence-electron chi connectivity index (χ3n) is 2.62. The van der Waals surface area contributed by atoms with Crippen LogP contribution in [0.15, 0.2) is 36.5 Å². The van der Waals surface area contributed by atoms with Crippen LogP contribution >= 0.6 is 0 Å². The monoisotopic (exact) mass is 278 g/mol. The average Bonchev–Trinajstić information content (AvgIpc) is 2.48. The minimum atomic E-state index is -0.576.